The lowest BCUT2D eigenvalue weighted by atomic mass is 9.85. The molecule has 0 radical (unpaired) electrons. The highest BCUT2D eigenvalue weighted by atomic mass is 16.4. The lowest BCUT2D eigenvalue weighted by Crippen LogP contribution is -2.56. The molecule has 4 heteroatoms. The first-order chi connectivity index (χ1) is 7.02. The van der Waals surface area contributed by atoms with Crippen LogP contribution in [0.3, 0.4) is 0 Å². The molecule has 0 spiro atoms. The van der Waals surface area contributed by atoms with Crippen LogP contribution in [-0.4, -0.2) is 16.7 Å². The Morgan fingerprint density at radius 2 is 1.87 bits per heavy atom. The summed E-state index contributed by atoms with van der Waals surface area (Å²) in [7, 11) is 0. The Bertz CT molecular complexity index is 211. The van der Waals surface area contributed by atoms with E-state index in [1.165, 1.54) is 32.1 Å². The molecule has 1 aliphatic carbocycles. The van der Waals surface area contributed by atoms with Gasteiger partial charge in [0.1, 0.15) is 0 Å². The van der Waals surface area contributed by atoms with E-state index in [1.54, 1.807) is 0 Å². The van der Waals surface area contributed by atoms with Crippen LogP contribution in [-0.2, 0) is 4.79 Å². The molecule has 88 valence electrons. The van der Waals surface area contributed by atoms with E-state index in [9.17, 15) is 4.79 Å². The first kappa shape index (κ1) is 12.5. The Labute approximate surface area is 91.0 Å². The average molecular weight is 214 g/mol. The van der Waals surface area contributed by atoms with Crippen molar-refractivity contribution in [2.45, 2.75) is 57.0 Å². The summed E-state index contributed by atoms with van der Waals surface area (Å²) >= 11 is 0. The second-order valence-corrected chi connectivity index (χ2v) is 4.74. The molecule has 0 unspecified atom stereocenters. The van der Waals surface area contributed by atoms with Gasteiger partial charge < -0.3 is 16.6 Å². The number of carboxylic acid groups (broad SMARTS) is 1. The van der Waals surface area contributed by atoms with Crippen molar-refractivity contribution in [2.24, 2.45) is 17.4 Å². The SMILES string of the molecule is NC(N)(CCCC1CCCCC1)C(=O)O. The Morgan fingerprint density at radius 3 is 2.40 bits per heavy atom. The van der Waals surface area contributed by atoms with Gasteiger partial charge in [-0.3, -0.25) is 0 Å². The molecule has 0 amide bonds. The molecule has 4 nitrogen and oxygen atoms in total. The highest BCUT2D eigenvalue weighted by Crippen LogP contribution is 2.28. The quantitative estimate of drug-likeness (QED) is 0.604. The van der Waals surface area contributed by atoms with E-state index < -0.39 is 11.6 Å². The summed E-state index contributed by atoms with van der Waals surface area (Å²) in [5, 5.41) is 8.73. The Morgan fingerprint density at radius 1 is 1.27 bits per heavy atom. The van der Waals surface area contributed by atoms with Crippen molar-refractivity contribution in [3.05, 3.63) is 0 Å². The van der Waals surface area contributed by atoms with Crippen molar-refractivity contribution in [3.8, 4) is 0 Å². The minimum Gasteiger partial charge on any atom is -0.479 e. The molecule has 0 atom stereocenters. The number of nitrogens with two attached hydrogens (primary N) is 2. The second kappa shape index (κ2) is 5.47. The third kappa shape index (κ3) is 4.18. The number of rotatable bonds is 5. The maximum absolute atomic E-state index is 10.7. The zero-order chi connectivity index (χ0) is 11.3. The normalized spacial score (nSPS) is 19.1. The molecule has 0 aromatic carbocycles. The van der Waals surface area contributed by atoms with E-state index in [0.29, 0.717) is 6.42 Å². The Hall–Kier alpha value is -0.610. The fourth-order valence-corrected chi connectivity index (χ4v) is 2.27. The number of aliphatic carboxylic acids is 1. The smallest absolute Gasteiger partial charge is 0.338 e. The zero-order valence-corrected chi connectivity index (χ0v) is 9.24. The predicted octanol–water partition coefficient (Wildman–Crippen LogP) is 1.44. The number of carboxylic acids is 1. The van der Waals surface area contributed by atoms with Gasteiger partial charge in [-0.1, -0.05) is 38.5 Å². The van der Waals surface area contributed by atoms with Gasteiger partial charge >= 0.3 is 5.97 Å². The summed E-state index contributed by atoms with van der Waals surface area (Å²) in [4.78, 5) is 10.7. The number of hydrogen-bond donors (Lipinski definition) is 3. The molecule has 1 saturated carbocycles. The van der Waals surface area contributed by atoms with E-state index in [-0.39, 0.29) is 0 Å². The lowest BCUT2D eigenvalue weighted by Gasteiger charge is -2.23. The third-order valence-electron chi connectivity index (χ3n) is 3.33. The van der Waals surface area contributed by atoms with Crippen molar-refractivity contribution in [3.63, 3.8) is 0 Å². The van der Waals surface area contributed by atoms with Crippen LogP contribution in [0.1, 0.15) is 51.4 Å². The third-order valence-corrected chi connectivity index (χ3v) is 3.33. The molecule has 15 heavy (non-hydrogen) atoms. The van der Waals surface area contributed by atoms with Gasteiger partial charge in [0.25, 0.3) is 0 Å². The summed E-state index contributed by atoms with van der Waals surface area (Å²) in [5.74, 6) is -0.338. The van der Waals surface area contributed by atoms with Crippen LogP contribution in [0, 0.1) is 5.92 Å². The van der Waals surface area contributed by atoms with Crippen LogP contribution >= 0.6 is 0 Å². The van der Waals surface area contributed by atoms with Crippen LogP contribution < -0.4 is 11.5 Å². The van der Waals surface area contributed by atoms with Gasteiger partial charge in [-0.05, 0) is 18.8 Å². The first-order valence-corrected chi connectivity index (χ1v) is 5.83. The highest BCUT2D eigenvalue weighted by molar-refractivity contribution is 5.77. The molecule has 5 N–H and O–H groups in total. The Balaban J connectivity index is 2.17. The van der Waals surface area contributed by atoms with Gasteiger partial charge in [-0.15, -0.1) is 0 Å². The maximum Gasteiger partial charge on any atom is 0.338 e. The van der Waals surface area contributed by atoms with Crippen molar-refractivity contribution in [2.75, 3.05) is 0 Å². The first-order valence-electron chi connectivity index (χ1n) is 5.83. The van der Waals surface area contributed by atoms with E-state index in [1.807, 2.05) is 0 Å². The Kier molecular flexibility index (Phi) is 4.54. The zero-order valence-electron chi connectivity index (χ0n) is 9.24. The van der Waals surface area contributed by atoms with Gasteiger partial charge in [0, 0.05) is 0 Å². The molecule has 0 bridgehead atoms. The van der Waals surface area contributed by atoms with Gasteiger partial charge in [0.05, 0.1) is 0 Å². The molecule has 0 heterocycles. The summed E-state index contributed by atoms with van der Waals surface area (Å²) < 4.78 is 0. The van der Waals surface area contributed by atoms with Crippen molar-refractivity contribution >= 4 is 5.97 Å². The van der Waals surface area contributed by atoms with E-state index in [0.717, 1.165) is 18.8 Å². The maximum atomic E-state index is 10.7. The monoisotopic (exact) mass is 214 g/mol. The topological polar surface area (TPSA) is 89.3 Å². The minimum atomic E-state index is -1.53. The molecular formula is C11H22N2O2. The minimum absolute atomic E-state index is 0.374. The standard InChI is InChI=1S/C11H22N2O2/c12-11(13,10(14)15)8-4-7-9-5-2-1-3-6-9/h9H,1-8,12-13H2,(H,14,15). The van der Waals surface area contributed by atoms with Crippen molar-refractivity contribution in [1.29, 1.82) is 0 Å². The molecule has 1 rings (SSSR count). The number of carbonyl (C=O) groups is 1. The van der Waals surface area contributed by atoms with Crippen LogP contribution in [0.15, 0.2) is 0 Å². The van der Waals surface area contributed by atoms with E-state index in [2.05, 4.69) is 0 Å². The van der Waals surface area contributed by atoms with Crippen LogP contribution in [0.25, 0.3) is 0 Å². The fraction of sp³-hybridized carbons (Fsp3) is 0.909. The van der Waals surface area contributed by atoms with Gasteiger partial charge in [-0.25, -0.2) is 4.79 Å². The summed E-state index contributed by atoms with van der Waals surface area (Å²) in [6, 6.07) is 0. The largest absolute Gasteiger partial charge is 0.479 e. The molecular weight excluding hydrogens is 192 g/mol. The predicted molar refractivity (Wildman–Crippen MR) is 59.2 cm³/mol. The highest BCUT2D eigenvalue weighted by Gasteiger charge is 2.28. The van der Waals surface area contributed by atoms with E-state index >= 15 is 0 Å². The second-order valence-electron chi connectivity index (χ2n) is 4.74. The summed E-state index contributed by atoms with van der Waals surface area (Å²) in [6.45, 7) is 0. The molecule has 0 aliphatic heterocycles. The van der Waals surface area contributed by atoms with Crippen LogP contribution in [0.4, 0.5) is 0 Å². The summed E-state index contributed by atoms with van der Waals surface area (Å²) in [6.07, 6.45) is 8.83. The molecule has 1 aliphatic rings. The molecule has 0 saturated heterocycles. The number of hydrogen-bond acceptors (Lipinski definition) is 3. The van der Waals surface area contributed by atoms with Gasteiger partial charge in [0.2, 0.25) is 0 Å². The van der Waals surface area contributed by atoms with Crippen LogP contribution in [0.5, 0.6) is 0 Å². The lowest BCUT2D eigenvalue weighted by molar-refractivity contribution is -0.143. The van der Waals surface area contributed by atoms with Crippen molar-refractivity contribution < 1.29 is 9.90 Å². The van der Waals surface area contributed by atoms with Gasteiger partial charge in [-0.2, -0.15) is 0 Å². The summed E-state index contributed by atoms with van der Waals surface area (Å²) in [5.41, 5.74) is 9.37. The molecule has 0 aromatic heterocycles. The van der Waals surface area contributed by atoms with Gasteiger partial charge in [0.15, 0.2) is 5.66 Å². The molecule has 0 aromatic rings. The average Bonchev–Trinajstić information content (AvgIpc) is 2.19. The van der Waals surface area contributed by atoms with Crippen LogP contribution in [0.2, 0.25) is 0 Å². The molecule has 1 fully saturated rings. The van der Waals surface area contributed by atoms with Crippen molar-refractivity contribution in [1.82, 2.24) is 0 Å². The van der Waals surface area contributed by atoms with E-state index in [4.69, 9.17) is 16.6 Å². The fourth-order valence-electron chi connectivity index (χ4n) is 2.27.